The molecule has 8 nitrogen and oxygen atoms in total. The normalized spacial score (nSPS) is 18.5. The highest BCUT2D eigenvalue weighted by Crippen LogP contribution is 2.63. The van der Waals surface area contributed by atoms with Gasteiger partial charge in [-0.05, 0) is 131 Å². The lowest BCUT2D eigenvalue weighted by Gasteiger charge is -2.52. The van der Waals surface area contributed by atoms with Crippen molar-refractivity contribution in [1.82, 2.24) is 19.9 Å². The molecule has 0 fully saturated rings. The molecule has 0 spiro atoms. The Bertz CT molecular complexity index is 3760. The Labute approximate surface area is 413 Å². The van der Waals surface area contributed by atoms with E-state index in [0.29, 0.717) is 0 Å². The van der Waals surface area contributed by atoms with Crippen molar-refractivity contribution in [1.29, 1.82) is 0 Å². The van der Waals surface area contributed by atoms with E-state index in [0.717, 1.165) is 98.5 Å². The molecule has 0 amide bonds. The fourth-order valence-electron chi connectivity index (χ4n) is 12.3. The summed E-state index contributed by atoms with van der Waals surface area (Å²) in [7, 11) is 0. The maximum absolute atomic E-state index is 5.67. The van der Waals surface area contributed by atoms with E-state index in [4.69, 9.17) is 26.5 Å². The maximum atomic E-state index is 5.67. The summed E-state index contributed by atoms with van der Waals surface area (Å²) < 4.78 is 0. The molecule has 10 aromatic rings. The van der Waals surface area contributed by atoms with Gasteiger partial charge in [0.2, 0.25) is 0 Å². The van der Waals surface area contributed by atoms with Gasteiger partial charge in [-0.1, -0.05) is 148 Å². The molecule has 14 rings (SSSR count). The first-order valence-corrected chi connectivity index (χ1v) is 25.0. The number of anilines is 8. The second-order valence-electron chi connectivity index (χ2n) is 19.2. The Kier molecular flexibility index (Phi) is 9.46. The van der Waals surface area contributed by atoms with Crippen LogP contribution in [0.5, 0.6) is 0 Å². The monoisotopic (exact) mass is 918 g/mol. The van der Waals surface area contributed by atoms with Crippen molar-refractivity contribution >= 4 is 73.7 Å². The minimum absolute atomic E-state index is 0.0240. The number of fused-ring (bicyclic) bond motifs is 16. The Morgan fingerprint density at radius 1 is 0.423 bits per heavy atom. The highest BCUT2D eigenvalue weighted by molar-refractivity contribution is 5.96. The Balaban J connectivity index is 1.07. The van der Waals surface area contributed by atoms with Gasteiger partial charge in [0.05, 0.1) is 27.8 Å². The van der Waals surface area contributed by atoms with E-state index in [1.807, 2.05) is 0 Å². The molecule has 8 heteroatoms. The van der Waals surface area contributed by atoms with Crippen molar-refractivity contribution in [3.8, 4) is 22.3 Å². The molecule has 71 heavy (non-hydrogen) atoms. The standard InChI is InChI=1S/C63H50N8/c1-4-40-19-9-11-23-46(40)42-31-34-45(35-32-42)69-59-61(67-54-29-17-15-27-52(54)65-59)71-56-36-33-43(47-24-12-10-20-41(47)5-2)38-49(56)39(3)37-50-48-25-13-18-30-55(48)70-60-58(64-51-26-14-16-28-53(51)66-60)68(44-21-7-6-8-22-44)62(70)57(50)63(69)71/h6-36,38,50,57,62-63H,3-5,37H2,1-2H3. The maximum Gasteiger partial charge on any atom is 0.179 e. The third-order valence-electron chi connectivity index (χ3n) is 15.5. The van der Waals surface area contributed by atoms with Crippen LogP contribution in [-0.2, 0) is 12.8 Å². The zero-order valence-electron chi connectivity index (χ0n) is 39.7. The van der Waals surface area contributed by atoms with Crippen molar-refractivity contribution in [2.45, 2.75) is 51.4 Å². The first kappa shape index (κ1) is 41.4. The number of hydrogen-bond donors (Lipinski definition) is 0. The fraction of sp³-hybridized carbons (Fsp3) is 0.143. The largest absolute Gasteiger partial charge is 0.301 e. The summed E-state index contributed by atoms with van der Waals surface area (Å²) >= 11 is 0. The van der Waals surface area contributed by atoms with Crippen molar-refractivity contribution in [3.05, 3.63) is 223 Å². The van der Waals surface area contributed by atoms with Crippen LogP contribution >= 0.6 is 0 Å². The van der Waals surface area contributed by atoms with Gasteiger partial charge in [-0.2, -0.15) is 0 Å². The number of para-hydroxylation sites is 6. The average Bonchev–Trinajstić information content (AvgIpc) is 3.94. The molecule has 4 atom stereocenters. The number of rotatable bonds is 6. The summed E-state index contributed by atoms with van der Waals surface area (Å²) in [6, 6.07) is 70.1. The number of allylic oxidation sites excluding steroid dienone is 1. The molecule has 0 N–H and O–H groups in total. The minimum Gasteiger partial charge on any atom is -0.301 e. The Hall–Kier alpha value is -8.62. The van der Waals surface area contributed by atoms with Crippen LogP contribution < -0.4 is 19.6 Å². The van der Waals surface area contributed by atoms with E-state index in [1.54, 1.807) is 0 Å². The van der Waals surface area contributed by atoms with Crippen LogP contribution in [0.2, 0.25) is 0 Å². The summed E-state index contributed by atoms with van der Waals surface area (Å²) in [5, 5.41) is 0. The predicted molar refractivity (Wildman–Crippen MR) is 290 cm³/mol. The molecule has 4 aliphatic heterocycles. The van der Waals surface area contributed by atoms with Gasteiger partial charge in [0.25, 0.3) is 0 Å². The van der Waals surface area contributed by atoms with Crippen LogP contribution in [0.1, 0.15) is 48.4 Å². The number of aryl methyl sites for hydroxylation is 2. The summed E-state index contributed by atoms with van der Waals surface area (Å²) in [4.78, 5) is 32.4. The van der Waals surface area contributed by atoms with Crippen LogP contribution in [-0.4, -0.2) is 32.3 Å². The molecule has 0 radical (unpaired) electrons. The smallest absolute Gasteiger partial charge is 0.179 e. The predicted octanol–water partition coefficient (Wildman–Crippen LogP) is 15.1. The highest BCUT2D eigenvalue weighted by Gasteiger charge is 2.59. The first-order chi connectivity index (χ1) is 35.1. The molecule has 6 heterocycles. The zero-order chi connectivity index (χ0) is 47.3. The molecule has 342 valence electrons. The molecule has 0 bridgehead atoms. The lowest BCUT2D eigenvalue weighted by atomic mass is 9.71. The molecule has 8 aromatic carbocycles. The molecule has 0 saturated heterocycles. The second-order valence-corrected chi connectivity index (χ2v) is 19.2. The minimum atomic E-state index is -0.350. The first-order valence-electron chi connectivity index (χ1n) is 25.0. The van der Waals surface area contributed by atoms with Gasteiger partial charge in [-0.15, -0.1) is 0 Å². The van der Waals surface area contributed by atoms with Crippen LogP contribution in [0.3, 0.4) is 0 Å². The van der Waals surface area contributed by atoms with Crippen molar-refractivity contribution in [2.24, 2.45) is 5.92 Å². The van der Waals surface area contributed by atoms with E-state index >= 15 is 0 Å². The van der Waals surface area contributed by atoms with Crippen molar-refractivity contribution in [3.63, 3.8) is 0 Å². The van der Waals surface area contributed by atoms with Gasteiger partial charge in [0, 0.05) is 34.5 Å². The lowest BCUT2D eigenvalue weighted by Crippen LogP contribution is -2.60. The number of nitrogens with zero attached hydrogens (tertiary/aromatic N) is 8. The summed E-state index contributed by atoms with van der Waals surface area (Å²) in [6.45, 7) is 9.53. The van der Waals surface area contributed by atoms with Gasteiger partial charge in [0.1, 0.15) is 12.3 Å². The highest BCUT2D eigenvalue weighted by atomic mass is 15.5. The van der Waals surface area contributed by atoms with Crippen LogP contribution in [0, 0.1) is 5.92 Å². The Morgan fingerprint density at radius 2 is 0.873 bits per heavy atom. The second kappa shape index (κ2) is 16.2. The van der Waals surface area contributed by atoms with E-state index in [-0.39, 0.29) is 24.2 Å². The number of aromatic nitrogens is 4. The number of benzene rings is 8. The van der Waals surface area contributed by atoms with Gasteiger partial charge in [-0.3, -0.25) is 0 Å². The van der Waals surface area contributed by atoms with E-state index in [9.17, 15) is 0 Å². The van der Waals surface area contributed by atoms with Crippen molar-refractivity contribution in [2.75, 3.05) is 19.6 Å². The van der Waals surface area contributed by atoms with E-state index in [1.165, 1.54) is 38.9 Å². The topological polar surface area (TPSA) is 64.5 Å². The third-order valence-corrected chi connectivity index (χ3v) is 15.5. The van der Waals surface area contributed by atoms with Gasteiger partial charge < -0.3 is 19.6 Å². The van der Waals surface area contributed by atoms with Gasteiger partial charge in [0.15, 0.2) is 23.3 Å². The summed E-state index contributed by atoms with van der Waals surface area (Å²) in [5.74, 6) is 3.14. The molecule has 4 aliphatic rings. The molecular weight excluding hydrogens is 869 g/mol. The fourth-order valence-corrected chi connectivity index (χ4v) is 12.3. The van der Waals surface area contributed by atoms with Gasteiger partial charge in [-0.25, -0.2) is 19.9 Å². The molecule has 4 unspecified atom stereocenters. The number of hydrogen-bond acceptors (Lipinski definition) is 8. The van der Waals surface area contributed by atoms with Crippen LogP contribution in [0.15, 0.2) is 201 Å². The lowest BCUT2D eigenvalue weighted by molar-refractivity contribution is 0.289. The van der Waals surface area contributed by atoms with E-state index in [2.05, 4.69) is 228 Å². The zero-order valence-corrected chi connectivity index (χ0v) is 39.7. The third kappa shape index (κ3) is 6.30. The van der Waals surface area contributed by atoms with Gasteiger partial charge >= 0.3 is 0 Å². The van der Waals surface area contributed by atoms with Crippen LogP contribution in [0.4, 0.5) is 46.0 Å². The quantitative estimate of drug-likeness (QED) is 0.163. The Morgan fingerprint density at radius 3 is 1.45 bits per heavy atom. The van der Waals surface area contributed by atoms with Crippen molar-refractivity contribution < 1.29 is 0 Å². The summed E-state index contributed by atoms with van der Waals surface area (Å²) in [6.07, 6.45) is 1.98. The van der Waals surface area contributed by atoms with E-state index < -0.39 is 0 Å². The summed E-state index contributed by atoms with van der Waals surface area (Å²) in [5.41, 5.74) is 18.7. The molecule has 2 aromatic heterocycles. The molecule has 0 aliphatic carbocycles. The molecular formula is C63H50N8. The van der Waals surface area contributed by atoms with Crippen LogP contribution in [0.25, 0.3) is 49.9 Å². The SMILES string of the molecule is C=C1CC2c3ccccc3N3c4nc5ccccc5nc4N(c4ccccc4)C3C2C2N(c3ccc(-c4ccccc4CC)cc3)c3nc4ccccc4nc3N2c2ccc(-c3ccccc3CC)cc21. The average molecular weight is 919 g/mol. The molecule has 0 saturated carbocycles.